The Morgan fingerprint density at radius 3 is 2.48 bits per heavy atom. The third-order valence-electron chi connectivity index (χ3n) is 5.17. The lowest BCUT2D eigenvalue weighted by atomic mass is 9.97. The monoisotopic (exact) mass is 429 g/mol. The lowest BCUT2D eigenvalue weighted by molar-refractivity contribution is -0.112. The van der Waals surface area contributed by atoms with Gasteiger partial charge in [0.15, 0.2) is 0 Å². The molecule has 7 heteroatoms. The van der Waals surface area contributed by atoms with Gasteiger partial charge in [-0.1, -0.05) is 30.8 Å². The Balaban J connectivity index is 1.79. The van der Waals surface area contributed by atoms with Crippen LogP contribution in [0.5, 0.6) is 0 Å². The molecule has 2 aromatic rings. The van der Waals surface area contributed by atoms with Gasteiger partial charge in [-0.15, -0.1) is 0 Å². The number of carbonyl (C=O) groups is 1. The van der Waals surface area contributed by atoms with E-state index >= 15 is 0 Å². The summed E-state index contributed by atoms with van der Waals surface area (Å²) in [5, 5.41) is 6.25. The summed E-state index contributed by atoms with van der Waals surface area (Å²) in [6.07, 6.45) is -1.40. The lowest BCUT2D eigenvalue weighted by Crippen LogP contribution is -2.25. The molecule has 1 amide bonds. The van der Waals surface area contributed by atoms with Crippen LogP contribution in [-0.4, -0.2) is 18.6 Å². The number of nitrogens with two attached hydrogens (primary N) is 1. The first-order valence-electron chi connectivity index (χ1n) is 10.1. The Morgan fingerprint density at radius 1 is 1.19 bits per heavy atom. The van der Waals surface area contributed by atoms with E-state index in [1.165, 1.54) is 19.8 Å². The van der Waals surface area contributed by atoms with E-state index in [2.05, 4.69) is 17.2 Å². The largest absolute Gasteiger partial charge is 0.415 e. The molecular weight excluding hydrogens is 403 g/mol. The number of allylic oxidation sites excluding steroid dienone is 2. The van der Waals surface area contributed by atoms with Crippen molar-refractivity contribution >= 4 is 17.3 Å². The average Bonchev–Trinajstić information content (AvgIpc) is 3.53. The zero-order chi connectivity index (χ0) is 22.6. The van der Waals surface area contributed by atoms with Crippen LogP contribution in [0.4, 0.5) is 24.5 Å². The molecule has 1 atom stereocenters. The molecule has 0 aromatic heterocycles. The third-order valence-corrected chi connectivity index (χ3v) is 5.17. The molecule has 0 spiro atoms. The van der Waals surface area contributed by atoms with Crippen LogP contribution < -0.4 is 16.4 Å². The molecule has 1 aliphatic rings. The van der Waals surface area contributed by atoms with Crippen molar-refractivity contribution in [2.75, 3.05) is 17.6 Å². The number of hydrogen-bond donors (Lipinski definition) is 3. The number of nitrogens with one attached hydrogen (secondary N) is 2. The minimum Gasteiger partial charge on any atom is -0.399 e. The smallest absolute Gasteiger partial charge is 0.399 e. The Kier molecular flexibility index (Phi) is 6.85. The van der Waals surface area contributed by atoms with Crippen molar-refractivity contribution in [2.45, 2.75) is 32.0 Å². The number of rotatable bonds is 8. The predicted octanol–water partition coefficient (Wildman–Crippen LogP) is 5.36. The number of hydrogen-bond acceptors (Lipinski definition) is 3. The molecule has 1 unspecified atom stereocenters. The number of carbonyl (C=O) groups excluding carboxylic acids is 1. The number of nitrogen functional groups attached to an aromatic ring is 1. The van der Waals surface area contributed by atoms with Crippen LogP contribution in [0.15, 0.2) is 72.3 Å². The molecule has 3 rings (SSSR count). The zero-order valence-electron chi connectivity index (χ0n) is 17.3. The van der Waals surface area contributed by atoms with Crippen LogP contribution in [0, 0.1) is 5.92 Å². The van der Waals surface area contributed by atoms with Crippen molar-refractivity contribution in [3.8, 4) is 0 Å². The van der Waals surface area contributed by atoms with E-state index < -0.39 is 17.7 Å². The third kappa shape index (κ3) is 6.46. The molecule has 0 aliphatic heterocycles. The second kappa shape index (κ2) is 9.39. The molecule has 4 N–H and O–H groups in total. The topological polar surface area (TPSA) is 67.2 Å². The van der Waals surface area contributed by atoms with Gasteiger partial charge in [-0.2, -0.15) is 13.2 Å². The van der Waals surface area contributed by atoms with Gasteiger partial charge in [0.05, 0.1) is 6.04 Å². The van der Waals surface area contributed by atoms with Gasteiger partial charge in [0, 0.05) is 22.5 Å². The van der Waals surface area contributed by atoms with Gasteiger partial charge in [-0.05, 0) is 73.7 Å². The summed E-state index contributed by atoms with van der Waals surface area (Å²) in [7, 11) is 0. The number of halogens is 3. The van der Waals surface area contributed by atoms with Gasteiger partial charge < -0.3 is 16.4 Å². The van der Waals surface area contributed by atoms with Crippen molar-refractivity contribution in [3.05, 3.63) is 83.5 Å². The van der Waals surface area contributed by atoms with Gasteiger partial charge in [0.1, 0.15) is 0 Å². The average molecular weight is 429 g/mol. The minimum atomic E-state index is -4.57. The summed E-state index contributed by atoms with van der Waals surface area (Å²) in [4.78, 5) is 12.4. The number of benzene rings is 2. The van der Waals surface area contributed by atoms with E-state index in [-0.39, 0.29) is 11.6 Å². The Bertz CT molecular complexity index is 976. The lowest BCUT2D eigenvalue weighted by Gasteiger charge is -2.21. The molecule has 0 saturated heterocycles. The highest BCUT2D eigenvalue weighted by Gasteiger charge is 2.30. The molecule has 31 heavy (non-hydrogen) atoms. The van der Waals surface area contributed by atoms with E-state index in [0.717, 1.165) is 23.7 Å². The van der Waals surface area contributed by atoms with Crippen molar-refractivity contribution in [2.24, 2.45) is 5.92 Å². The van der Waals surface area contributed by atoms with Crippen LogP contribution in [0.2, 0.25) is 0 Å². The molecular formula is C24H26F3N3O. The maximum absolute atomic E-state index is 12.7. The fraction of sp³-hybridized carbons (Fsp3) is 0.292. The highest BCUT2D eigenvalue weighted by atomic mass is 19.4. The van der Waals surface area contributed by atoms with Crippen molar-refractivity contribution in [3.63, 3.8) is 0 Å². The van der Waals surface area contributed by atoms with E-state index in [0.29, 0.717) is 17.3 Å². The number of amides is 1. The van der Waals surface area contributed by atoms with Crippen LogP contribution in [0.1, 0.15) is 36.9 Å². The summed E-state index contributed by atoms with van der Waals surface area (Å²) >= 11 is 0. The Hall–Kier alpha value is -3.06. The SMILES string of the molecule is C=C(/C=C(\C)C(=O)Nc1cccc(C(NCC2CC2)c2ccc(N)cc2)c1)C(F)(F)F. The standard InChI is InChI=1S/C24H26F3N3O/c1-15(12-16(2)24(25,26)27)23(31)30-21-5-3-4-19(13-21)22(29-14-17-6-7-17)18-8-10-20(28)11-9-18/h3-5,8-13,17,22,29H,2,6-7,14,28H2,1H3,(H,30,31)/b15-12+. The van der Waals surface area contributed by atoms with E-state index in [1.54, 1.807) is 6.07 Å². The maximum Gasteiger partial charge on any atom is 0.415 e. The quantitative estimate of drug-likeness (QED) is 0.301. The van der Waals surface area contributed by atoms with Crippen LogP contribution in [0.25, 0.3) is 0 Å². The summed E-state index contributed by atoms with van der Waals surface area (Å²) < 4.78 is 38.0. The van der Waals surface area contributed by atoms with Crippen LogP contribution in [0.3, 0.4) is 0 Å². The number of anilines is 2. The molecule has 1 fully saturated rings. The summed E-state index contributed by atoms with van der Waals surface area (Å²) in [5.74, 6) is 0.0613. The zero-order valence-corrected chi connectivity index (χ0v) is 17.3. The summed E-state index contributed by atoms with van der Waals surface area (Å²) in [6, 6.07) is 14.8. The molecule has 1 saturated carbocycles. The predicted molar refractivity (Wildman–Crippen MR) is 117 cm³/mol. The second-order valence-corrected chi connectivity index (χ2v) is 7.88. The van der Waals surface area contributed by atoms with E-state index in [1.807, 2.05) is 42.5 Å². The minimum absolute atomic E-state index is 0.0744. The Morgan fingerprint density at radius 2 is 1.87 bits per heavy atom. The van der Waals surface area contributed by atoms with Crippen molar-refractivity contribution < 1.29 is 18.0 Å². The van der Waals surface area contributed by atoms with Gasteiger partial charge in [-0.3, -0.25) is 4.79 Å². The highest BCUT2D eigenvalue weighted by Crippen LogP contribution is 2.31. The van der Waals surface area contributed by atoms with E-state index in [4.69, 9.17) is 5.73 Å². The first-order chi connectivity index (χ1) is 14.6. The molecule has 0 heterocycles. The maximum atomic E-state index is 12.7. The summed E-state index contributed by atoms with van der Waals surface area (Å²) in [5.41, 5.74) is 7.82. The van der Waals surface area contributed by atoms with Gasteiger partial charge >= 0.3 is 6.18 Å². The normalized spacial score (nSPS) is 15.4. The second-order valence-electron chi connectivity index (χ2n) is 7.88. The van der Waals surface area contributed by atoms with Crippen LogP contribution in [-0.2, 0) is 4.79 Å². The first-order valence-corrected chi connectivity index (χ1v) is 10.1. The van der Waals surface area contributed by atoms with Crippen molar-refractivity contribution in [1.29, 1.82) is 0 Å². The highest BCUT2D eigenvalue weighted by molar-refractivity contribution is 6.03. The van der Waals surface area contributed by atoms with Gasteiger partial charge in [0.25, 0.3) is 5.91 Å². The summed E-state index contributed by atoms with van der Waals surface area (Å²) in [6.45, 7) is 5.18. The molecule has 1 aliphatic carbocycles. The number of alkyl halides is 3. The fourth-order valence-corrected chi connectivity index (χ4v) is 3.16. The molecule has 0 radical (unpaired) electrons. The molecule has 4 nitrogen and oxygen atoms in total. The molecule has 0 bridgehead atoms. The first kappa shape index (κ1) is 22.6. The molecule has 164 valence electrons. The van der Waals surface area contributed by atoms with Crippen LogP contribution >= 0.6 is 0 Å². The Labute approximate surface area is 180 Å². The van der Waals surface area contributed by atoms with Gasteiger partial charge in [0.2, 0.25) is 0 Å². The van der Waals surface area contributed by atoms with E-state index in [9.17, 15) is 18.0 Å². The fourth-order valence-electron chi connectivity index (χ4n) is 3.16. The van der Waals surface area contributed by atoms with Crippen molar-refractivity contribution in [1.82, 2.24) is 5.32 Å². The molecule has 2 aromatic carbocycles. The van der Waals surface area contributed by atoms with Gasteiger partial charge in [-0.25, -0.2) is 0 Å².